The van der Waals surface area contributed by atoms with Gasteiger partial charge in [-0.25, -0.2) is 0 Å². The topological polar surface area (TPSA) is 96.4 Å². The molecule has 2 bridgehead atoms. The lowest BCUT2D eigenvalue weighted by atomic mass is 9.70. The molecule has 0 aromatic carbocycles. The summed E-state index contributed by atoms with van der Waals surface area (Å²) in [7, 11) is 0. The molecular weight excluding hydrogens is 484 g/mol. The number of esters is 1. The summed E-state index contributed by atoms with van der Waals surface area (Å²) in [5, 5.41) is 10.4. The van der Waals surface area contributed by atoms with Crippen molar-refractivity contribution in [3.63, 3.8) is 0 Å². The molecule has 1 N–H and O–H groups in total. The third-order valence-corrected chi connectivity index (χ3v) is 8.49. The fourth-order valence-corrected chi connectivity index (χ4v) is 6.87. The first-order valence-electron chi connectivity index (χ1n) is 14.5. The Morgan fingerprint density at radius 1 is 1.26 bits per heavy atom. The van der Waals surface area contributed by atoms with Crippen molar-refractivity contribution in [2.75, 3.05) is 19.8 Å². The van der Waals surface area contributed by atoms with Gasteiger partial charge in [0, 0.05) is 12.6 Å². The smallest absolute Gasteiger partial charge is 0.312 e. The van der Waals surface area contributed by atoms with Crippen LogP contribution >= 0.6 is 0 Å². The van der Waals surface area contributed by atoms with E-state index in [1.165, 1.54) is 0 Å². The number of amides is 2. The Morgan fingerprint density at radius 2 is 2.00 bits per heavy atom. The van der Waals surface area contributed by atoms with Crippen molar-refractivity contribution in [3.05, 3.63) is 25.3 Å². The van der Waals surface area contributed by atoms with E-state index in [1.807, 2.05) is 26.8 Å². The Kier molecular flexibility index (Phi) is 10.6. The highest BCUT2D eigenvalue weighted by molar-refractivity contribution is 5.98. The maximum Gasteiger partial charge on any atom is 0.312 e. The number of unbranched alkanes of at least 4 members (excludes halogenated alkanes) is 2. The molecule has 0 radical (unpaired) electrons. The molecule has 3 aliphatic heterocycles. The summed E-state index contributed by atoms with van der Waals surface area (Å²) in [6, 6.07) is -1.49. The van der Waals surface area contributed by atoms with Crippen LogP contribution in [0.3, 0.4) is 0 Å². The van der Waals surface area contributed by atoms with Gasteiger partial charge in [-0.05, 0) is 57.8 Å². The van der Waals surface area contributed by atoms with Gasteiger partial charge in [0.1, 0.15) is 11.6 Å². The molecule has 214 valence electrons. The maximum atomic E-state index is 14.4. The number of aliphatic hydroxyl groups excluding tert-OH is 1. The zero-order valence-electron chi connectivity index (χ0n) is 23.8. The maximum absolute atomic E-state index is 14.4. The van der Waals surface area contributed by atoms with Gasteiger partial charge in [-0.3, -0.25) is 14.4 Å². The van der Waals surface area contributed by atoms with Crippen molar-refractivity contribution in [1.29, 1.82) is 0 Å². The molecule has 1 spiro atoms. The fraction of sp³-hybridized carbons (Fsp3) is 0.767. The molecule has 0 aliphatic carbocycles. The highest BCUT2D eigenvalue weighted by atomic mass is 16.6. The van der Waals surface area contributed by atoms with E-state index in [0.29, 0.717) is 25.8 Å². The lowest BCUT2D eigenvalue weighted by Gasteiger charge is -2.41. The molecule has 3 aliphatic rings. The summed E-state index contributed by atoms with van der Waals surface area (Å²) < 4.78 is 12.2. The number of ether oxygens (including phenoxy) is 2. The fourth-order valence-electron chi connectivity index (χ4n) is 6.87. The van der Waals surface area contributed by atoms with Gasteiger partial charge in [0.25, 0.3) is 0 Å². The summed E-state index contributed by atoms with van der Waals surface area (Å²) in [5.41, 5.74) is -1.10. The largest absolute Gasteiger partial charge is 0.465 e. The molecule has 0 saturated carbocycles. The Hall–Kier alpha value is -2.19. The second kappa shape index (κ2) is 13.2. The Bertz CT molecular complexity index is 875. The third-order valence-electron chi connectivity index (χ3n) is 8.49. The van der Waals surface area contributed by atoms with E-state index in [2.05, 4.69) is 20.1 Å². The van der Waals surface area contributed by atoms with Gasteiger partial charge >= 0.3 is 5.97 Å². The van der Waals surface area contributed by atoms with E-state index in [0.717, 1.165) is 32.1 Å². The zero-order chi connectivity index (χ0) is 28.0. The minimum absolute atomic E-state index is 0.0505. The molecule has 8 heteroatoms. The predicted octanol–water partition coefficient (Wildman–Crippen LogP) is 3.87. The Morgan fingerprint density at radius 3 is 2.61 bits per heavy atom. The van der Waals surface area contributed by atoms with Gasteiger partial charge in [-0.15, -0.1) is 13.2 Å². The second-order valence-electron chi connectivity index (χ2n) is 11.6. The summed E-state index contributed by atoms with van der Waals surface area (Å²) in [4.78, 5) is 45.3. The number of aliphatic hydroxyl groups is 1. The van der Waals surface area contributed by atoms with Crippen molar-refractivity contribution >= 4 is 17.8 Å². The average molecular weight is 533 g/mol. The molecule has 3 unspecified atom stereocenters. The van der Waals surface area contributed by atoms with Gasteiger partial charge < -0.3 is 24.4 Å². The monoisotopic (exact) mass is 532 g/mol. The van der Waals surface area contributed by atoms with E-state index >= 15 is 0 Å². The quantitative estimate of drug-likeness (QED) is 0.184. The van der Waals surface area contributed by atoms with E-state index in [1.54, 1.807) is 15.9 Å². The van der Waals surface area contributed by atoms with Crippen molar-refractivity contribution in [1.82, 2.24) is 9.80 Å². The molecule has 3 rings (SSSR count). The Labute approximate surface area is 228 Å². The minimum atomic E-state index is -1.10. The minimum Gasteiger partial charge on any atom is -0.465 e. The number of hydrogen-bond acceptors (Lipinski definition) is 6. The number of likely N-dealkylation sites (tertiary alicyclic amines) is 1. The van der Waals surface area contributed by atoms with Gasteiger partial charge in [0.05, 0.1) is 37.2 Å². The summed E-state index contributed by atoms with van der Waals surface area (Å²) in [6.45, 7) is 16.1. The van der Waals surface area contributed by atoms with E-state index in [4.69, 9.17) is 9.47 Å². The first-order valence-corrected chi connectivity index (χ1v) is 14.5. The van der Waals surface area contributed by atoms with Crippen LogP contribution in [0.25, 0.3) is 0 Å². The van der Waals surface area contributed by atoms with Crippen LogP contribution in [0.4, 0.5) is 0 Å². The standard InChI is InChI=1S/C30H48N2O6/c1-7-10-11-12-17-37-29(36)24-23-14-15-30(38-23)25(24)27(34)32(22(19-33)18-20(4)5)26(30)28(35)31(16-9-3)21(6)13-8-2/h7,9,20-26,33H,1,3,8,10-19H2,2,4-6H3/t21?,22-,23-,24+,25+,26?,30?/m1/s1. The first-order chi connectivity index (χ1) is 18.2. The molecule has 7 atom stereocenters. The molecule has 3 fully saturated rings. The van der Waals surface area contributed by atoms with Crippen LogP contribution in [-0.4, -0.2) is 82.3 Å². The second-order valence-corrected chi connectivity index (χ2v) is 11.6. The Balaban J connectivity index is 1.98. The average Bonchev–Trinajstić information content (AvgIpc) is 3.52. The highest BCUT2D eigenvalue weighted by Gasteiger charge is 2.75. The number of hydrogen-bond donors (Lipinski definition) is 1. The van der Waals surface area contributed by atoms with Crippen molar-refractivity contribution in [3.8, 4) is 0 Å². The van der Waals surface area contributed by atoms with Crippen LogP contribution in [0.5, 0.6) is 0 Å². The van der Waals surface area contributed by atoms with Crippen LogP contribution < -0.4 is 0 Å². The molecule has 38 heavy (non-hydrogen) atoms. The number of nitrogens with zero attached hydrogens (tertiary/aromatic N) is 2. The molecule has 8 nitrogen and oxygen atoms in total. The van der Waals surface area contributed by atoms with Crippen LogP contribution in [-0.2, 0) is 23.9 Å². The number of allylic oxidation sites excluding steroid dienone is 1. The molecule has 0 aromatic heterocycles. The van der Waals surface area contributed by atoms with Crippen LogP contribution in [0.2, 0.25) is 0 Å². The van der Waals surface area contributed by atoms with Crippen LogP contribution in [0, 0.1) is 17.8 Å². The third kappa shape index (κ3) is 5.71. The summed E-state index contributed by atoms with van der Waals surface area (Å²) in [6.07, 6.45) is 8.94. The van der Waals surface area contributed by atoms with Gasteiger partial charge in [0.2, 0.25) is 11.8 Å². The molecular formula is C30H48N2O6. The lowest BCUT2D eigenvalue weighted by Crippen LogP contribution is -2.60. The van der Waals surface area contributed by atoms with Crippen molar-refractivity contribution in [2.45, 2.75) is 109 Å². The molecule has 2 amide bonds. The first kappa shape index (κ1) is 30.4. The van der Waals surface area contributed by atoms with E-state index in [9.17, 15) is 19.5 Å². The molecule has 0 aromatic rings. The van der Waals surface area contributed by atoms with Gasteiger partial charge in [-0.1, -0.05) is 39.3 Å². The molecule has 3 saturated heterocycles. The SMILES string of the molecule is C=CCCCCOC(=O)[C@@H]1[C@H]2C(=O)N([C@@H](CO)CC(C)C)C(C(=O)N(CC=C)C(C)CCC)C23CC[C@H]1O3. The normalized spacial score (nSPS) is 29.3. The van der Waals surface area contributed by atoms with E-state index in [-0.39, 0.29) is 37.0 Å². The highest BCUT2D eigenvalue weighted by Crippen LogP contribution is 2.59. The number of carbonyl (C=O) groups is 3. The number of carbonyl (C=O) groups excluding carboxylic acids is 3. The van der Waals surface area contributed by atoms with Crippen LogP contribution in [0.1, 0.15) is 79.1 Å². The summed E-state index contributed by atoms with van der Waals surface area (Å²) >= 11 is 0. The van der Waals surface area contributed by atoms with Crippen molar-refractivity contribution in [2.24, 2.45) is 17.8 Å². The lowest BCUT2D eigenvalue weighted by molar-refractivity contribution is -0.157. The predicted molar refractivity (Wildman–Crippen MR) is 146 cm³/mol. The van der Waals surface area contributed by atoms with Crippen LogP contribution in [0.15, 0.2) is 25.3 Å². The number of rotatable bonds is 16. The van der Waals surface area contributed by atoms with Gasteiger partial charge in [-0.2, -0.15) is 0 Å². The number of fused-ring (bicyclic) bond motifs is 1. The summed E-state index contributed by atoms with van der Waals surface area (Å²) in [5.74, 6) is -2.22. The molecule has 3 heterocycles. The zero-order valence-corrected chi connectivity index (χ0v) is 23.8. The van der Waals surface area contributed by atoms with Gasteiger partial charge in [0.15, 0.2) is 0 Å². The van der Waals surface area contributed by atoms with E-state index < -0.39 is 41.6 Å². The van der Waals surface area contributed by atoms with Crippen molar-refractivity contribution < 1.29 is 29.0 Å².